The van der Waals surface area contributed by atoms with Crippen LogP contribution < -0.4 is 15.2 Å². The maximum Gasteiger partial charge on any atom is 0.511 e. The van der Waals surface area contributed by atoms with E-state index in [-0.39, 0.29) is 17.3 Å². The monoisotopic (exact) mass is 315 g/mol. The summed E-state index contributed by atoms with van der Waals surface area (Å²) < 4.78 is 5.73. The Balaban J connectivity index is 2.09. The Hall–Kier alpha value is -3.36. The molecule has 118 valence electrons. The van der Waals surface area contributed by atoms with E-state index < -0.39 is 6.16 Å². The van der Waals surface area contributed by atoms with E-state index in [1.807, 2.05) is 25.1 Å². The van der Waals surface area contributed by atoms with Gasteiger partial charge in [0.15, 0.2) is 5.75 Å². The minimum atomic E-state index is -1.44. The van der Waals surface area contributed by atoms with Crippen LogP contribution in [0.5, 0.6) is 5.75 Å². The normalized spacial score (nSPS) is 10.7. The highest BCUT2D eigenvalue weighted by Crippen LogP contribution is 2.18. The first-order valence-electron chi connectivity index (χ1n) is 6.61. The van der Waals surface area contributed by atoms with E-state index in [4.69, 9.17) is 5.11 Å². The smallest absolute Gasteiger partial charge is 0.449 e. The Kier molecular flexibility index (Phi) is 3.45. The van der Waals surface area contributed by atoms with Crippen molar-refractivity contribution in [1.82, 2.24) is 19.7 Å². The second kappa shape index (κ2) is 5.44. The molecule has 0 unspecified atom stereocenters. The Morgan fingerprint density at radius 1 is 1.39 bits per heavy atom. The summed E-state index contributed by atoms with van der Waals surface area (Å²) in [5, 5.41) is 13.0. The number of anilines is 1. The molecule has 0 atom stereocenters. The zero-order chi connectivity index (χ0) is 16.6. The molecule has 3 rings (SSSR count). The molecule has 9 heteroatoms. The fraction of sp³-hybridized carbons (Fsp3) is 0.143. The number of H-pyrrole nitrogens is 1. The molecule has 23 heavy (non-hydrogen) atoms. The predicted octanol–water partition coefficient (Wildman–Crippen LogP) is 1.23. The standard InChI is InChI=1S/C14H13N5O4/c1-18(2)8-3-4-10-11(5-8)16-13(17-12(10)20)19-7-9(6-15-19)23-14(21)22/h3-7H,1-2H3,(H,21,22)(H,16,17,20). The Labute approximate surface area is 129 Å². The van der Waals surface area contributed by atoms with Crippen LogP contribution in [0.2, 0.25) is 0 Å². The maximum absolute atomic E-state index is 12.2. The van der Waals surface area contributed by atoms with Gasteiger partial charge in [0, 0.05) is 19.8 Å². The molecule has 2 N–H and O–H groups in total. The molecule has 0 amide bonds. The van der Waals surface area contributed by atoms with Crippen LogP contribution >= 0.6 is 0 Å². The lowest BCUT2D eigenvalue weighted by atomic mass is 10.2. The fourth-order valence-electron chi connectivity index (χ4n) is 2.08. The number of ether oxygens (including phenoxy) is 1. The summed E-state index contributed by atoms with van der Waals surface area (Å²) in [7, 11) is 3.77. The van der Waals surface area contributed by atoms with Gasteiger partial charge in [-0.05, 0) is 18.2 Å². The van der Waals surface area contributed by atoms with E-state index in [1.54, 1.807) is 12.1 Å². The molecule has 0 aliphatic rings. The lowest BCUT2D eigenvalue weighted by Gasteiger charge is -2.12. The lowest BCUT2D eigenvalue weighted by molar-refractivity contribution is 0.144. The highest BCUT2D eigenvalue weighted by molar-refractivity contribution is 5.81. The number of hydrogen-bond donors (Lipinski definition) is 2. The number of carboxylic acid groups (broad SMARTS) is 1. The van der Waals surface area contributed by atoms with E-state index in [0.717, 1.165) is 5.69 Å². The molecule has 0 bridgehead atoms. The van der Waals surface area contributed by atoms with Crippen molar-refractivity contribution in [2.45, 2.75) is 0 Å². The topological polar surface area (TPSA) is 113 Å². The molecule has 0 spiro atoms. The van der Waals surface area contributed by atoms with Gasteiger partial charge in [-0.1, -0.05) is 0 Å². The van der Waals surface area contributed by atoms with Gasteiger partial charge in [0.25, 0.3) is 5.56 Å². The number of nitrogens with zero attached hydrogens (tertiary/aromatic N) is 4. The maximum atomic E-state index is 12.2. The highest BCUT2D eigenvalue weighted by Gasteiger charge is 2.10. The lowest BCUT2D eigenvalue weighted by Crippen LogP contribution is -2.15. The molecule has 2 heterocycles. The summed E-state index contributed by atoms with van der Waals surface area (Å²) in [6.07, 6.45) is 1.09. The van der Waals surface area contributed by atoms with Crippen molar-refractivity contribution in [1.29, 1.82) is 0 Å². The zero-order valence-corrected chi connectivity index (χ0v) is 12.3. The van der Waals surface area contributed by atoms with E-state index in [1.165, 1.54) is 17.1 Å². The molecule has 0 radical (unpaired) electrons. The van der Waals surface area contributed by atoms with Crippen molar-refractivity contribution in [2.24, 2.45) is 0 Å². The van der Waals surface area contributed by atoms with Gasteiger partial charge in [-0.15, -0.1) is 0 Å². The molecule has 0 saturated heterocycles. The van der Waals surface area contributed by atoms with Crippen LogP contribution in [0.1, 0.15) is 0 Å². The third-order valence-electron chi connectivity index (χ3n) is 3.18. The molecular weight excluding hydrogens is 302 g/mol. The van der Waals surface area contributed by atoms with Gasteiger partial charge in [0.1, 0.15) is 0 Å². The number of aromatic nitrogens is 4. The molecule has 2 aromatic heterocycles. The second-order valence-corrected chi connectivity index (χ2v) is 4.97. The van der Waals surface area contributed by atoms with Crippen LogP contribution in [0.25, 0.3) is 16.9 Å². The third-order valence-corrected chi connectivity index (χ3v) is 3.18. The number of benzene rings is 1. The molecule has 1 aromatic carbocycles. The van der Waals surface area contributed by atoms with Crippen LogP contribution in [0.15, 0.2) is 35.4 Å². The minimum Gasteiger partial charge on any atom is -0.449 e. The zero-order valence-electron chi connectivity index (χ0n) is 12.3. The van der Waals surface area contributed by atoms with Crippen LogP contribution in [-0.2, 0) is 0 Å². The van der Waals surface area contributed by atoms with Crippen molar-refractivity contribution in [3.63, 3.8) is 0 Å². The fourth-order valence-corrected chi connectivity index (χ4v) is 2.08. The van der Waals surface area contributed by atoms with E-state index >= 15 is 0 Å². The second-order valence-electron chi connectivity index (χ2n) is 4.97. The predicted molar refractivity (Wildman–Crippen MR) is 82.5 cm³/mol. The number of aromatic amines is 1. The van der Waals surface area contributed by atoms with Crippen molar-refractivity contribution in [3.8, 4) is 11.7 Å². The molecular formula is C14H13N5O4. The largest absolute Gasteiger partial charge is 0.511 e. The van der Waals surface area contributed by atoms with Gasteiger partial charge in [0.2, 0.25) is 5.95 Å². The molecule has 0 aliphatic heterocycles. The first kappa shape index (κ1) is 14.6. The Morgan fingerprint density at radius 3 is 2.87 bits per heavy atom. The highest BCUT2D eigenvalue weighted by atomic mass is 16.7. The SMILES string of the molecule is CN(C)c1ccc2c(=O)[nH]c(-n3cc(OC(=O)O)cn3)nc2c1. The summed E-state index contributed by atoms with van der Waals surface area (Å²) in [6.45, 7) is 0. The number of carbonyl (C=O) groups is 1. The van der Waals surface area contributed by atoms with Crippen LogP contribution in [0.4, 0.5) is 10.5 Å². The summed E-state index contributed by atoms with van der Waals surface area (Å²) in [6, 6.07) is 5.31. The quantitative estimate of drug-likeness (QED) is 0.699. The summed E-state index contributed by atoms with van der Waals surface area (Å²) in [5.41, 5.74) is 1.09. The van der Waals surface area contributed by atoms with Gasteiger partial charge in [-0.2, -0.15) is 5.10 Å². The van der Waals surface area contributed by atoms with Gasteiger partial charge >= 0.3 is 6.16 Å². The first-order valence-corrected chi connectivity index (χ1v) is 6.61. The van der Waals surface area contributed by atoms with Crippen molar-refractivity contribution < 1.29 is 14.6 Å². The summed E-state index contributed by atoms with van der Waals surface area (Å²) >= 11 is 0. The molecule has 0 fully saturated rings. The van der Waals surface area contributed by atoms with Crippen LogP contribution in [-0.4, -0.2) is 45.1 Å². The molecule has 0 saturated carbocycles. The van der Waals surface area contributed by atoms with E-state index in [0.29, 0.717) is 10.9 Å². The number of nitrogens with one attached hydrogen (secondary N) is 1. The van der Waals surface area contributed by atoms with Gasteiger partial charge < -0.3 is 14.7 Å². The first-order chi connectivity index (χ1) is 10.9. The van der Waals surface area contributed by atoms with Crippen LogP contribution in [0.3, 0.4) is 0 Å². The van der Waals surface area contributed by atoms with Crippen molar-refractivity contribution in [2.75, 3.05) is 19.0 Å². The Bertz CT molecular complexity index is 944. The summed E-state index contributed by atoms with van der Waals surface area (Å²) in [5.74, 6) is 0.195. The molecule has 3 aromatic rings. The number of rotatable bonds is 3. The van der Waals surface area contributed by atoms with E-state index in [2.05, 4.69) is 19.8 Å². The molecule has 0 aliphatic carbocycles. The van der Waals surface area contributed by atoms with E-state index in [9.17, 15) is 9.59 Å². The van der Waals surface area contributed by atoms with Gasteiger partial charge in [0.05, 0.1) is 23.3 Å². The third kappa shape index (κ3) is 2.84. The minimum absolute atomic E-state index is 0.0299. The average molecular weight is 315 g/mol. The van der Waals surface area contributed by atoms with Crippen molar-refractivity contribution in [3.05, 3.63) is 40.9 Å². The molecule has 9 nitrogen and oxygen atoms in total. The number of fused-ring (bicyclic) bond motifs is 1. The van der Waals surface area contributed by atoms with Crippen LogP contribution in [0, 0.1) is 0 Å². The Morgan fingerprint density at radius 2 is 2.17 bits per heavy atom. The average Bonchev–Trinajstić information content (AvgIpc) is 2.94. The summed E-state index contributed by atoms with van der Waals surface area (Å²) in [4.78, 5) is 31.5. The van der Waals surface area contributed by atoms with Crippen molar-refractivity contribution >= 4 is 22.7 Å². The van der Waals surface area contributed by atoms with Gasteiger partial charge in [-0.25, -0.2) is 14.5 Å². The number of hydrogen-bond acceptors (Lipinski definition) is 6. The van der Waals surface area contributed by atoms with Gasteiger partial charge in [-0.3, -0.25) is 9.78 Å².